The van der Waals surface area contributed by atoms with Crippen molar-refractivity contribution in [2.24, 2.45) is 0 Å². The number of hydrogen-bond acceptors (Lipinski definition) is 3. The Balaban J connectivity index is 1.90. The highest BCUT2D eigenvalue weighted by molar-refractivity contribution is 5.39. The number of likely N-dealkylation sites (tertiary alicyclic amines) is 1. The van der Waals surface area contributed by atoms with E-state index in [1.54, 1.807) is 0 Å². The van der Waals surface area contributed by atoms with Crippen molar-refractivity contribution < 1.29 is 5.11 Å². The predicted octanol–water partition coefficient (Wildman–Crippen LogP) is 2.27. The Bertz CT molecular complexity index is 405. The zero-order valence-corrected chi connectivity index (χ0v) is 11.6. The Morgan fingerprint density at radius 2 is 2.22 bits per heavy atom. The van der Waals surface area contributed by atoms with E-state index < -0.39 is 0 Å². The van der Waals surface area contributed by atoms with Gasteiger partial charge in [0.15, 0.2) is 0 Å². The van der Waals surface area contributed by atoms with Crippen molar-refractivity contribution in [1.29, 1.82) is 0 Å². The summed E-state index contributed by atoms with van der Waals surface area (Å²) in [6, 6.07) is 7.14. The van der Waals surface area contributed by atoms with E-state index in [0.29, 0.717) is 17.8 Å². The van der Waals surface area contributed by atoms with Crippen LogP contribution in [0, 0.1) is 6.92 Å². The first-order valence-corrected chi connectivity index (χ1v) is 6.79. The SMILES string of the molecule is Cc1cccc(CNC2CCN(C)C(C)C2)c1O. The normalized spacial score (nSPS) is 25.3. The summed E-state index contributed by atoms with van der Waals surface area (Å²) in [5, 5.41) is 13.5. The van der Waals surface area contributed by atoms with Gasteiger partial charge < -0.3 is 15.3 Å². The molecule has 18 heavy (non-hydrogen) atoms. The smallest absolute Gasteiger partial charge is 0.122 e. The van der Waals surface area contributed by atoms with E-state index in [9.17, 15) is 5.11 Å². The monoisotopic (exact) mass is 248 g/mol. The van der Waals surface area contributed by atoms with Gasteiger partial charge in [-0.2, -0.15) is 0 Å². The van der Waals surface area contributed by atoms with E-state index in [2.05, 4.69) is 24.2 Å². The third-order valence-corrected chi connectivity index (χ3v) is 4.11. The molecule has 1 fully saturated rings. The van der Waals surface area contributed by atoms with Gasteiger partial charge in [0, 0.05) is 24.2 Å². The number of nitrogens with one attached hydrogen (secondary N) is 1. The van der Waals surface area contributed by atoms with Gasteiger partial charge in [-0.1, -0.05) is 18.2 Å². The second kappa shape index (κ2) is 5.72. The van der Waals surface area contributed by atoms with Gasteiger partial charge in [0.25, 0.3) is 0 Å². The topological polar surface area (TPSA) is 35.5 Å². The minimum Gasteiger partial charge on any atom is -0.507 e. The molecular weight excluding hydrogens is 224 g/mol. The molecule has 3 heteroatoms. The van der Waals surface area contributed by atoms with Crippen molar-refractivity contribution in [2.75, 3.05) is 13.6 Å². The van der Waals surface area contributed by atoms with Gasteiger partial charge in [0.1, 0.15) is 5.75 Å². The quantitative estimate of drug-likeness (QED) is 0.861. The number of hydrogen-bond donors (Lipinski definition) is 2. The van der Waals surface area contributed by atoms with Crippen LogP contribution in [0.3, 0.4) is 0 Å². The van der Waals surface area contributed by atoms with Gasteiger partial charge in [-0.3, -0.25) is 0 Å². The molecule has 3 nitrogen and oxygen atoms in total. The molecule has 2 unspecified atom stereocenters. The number of nitrogens with zero attached hydrogens (tertiary/aromatic N) is 1. The first kappa shape index (κ1) is 13.4. The molecule has 1 aromatic rings. The molecule has 100 valence electrons. The van der Waals surface area contributed by atoms with Crippen LogP contribution in [-0.4, -0.2) is 35.7 Å². The lowest BCUT2D eigenvalue weighted by molar-refractivity contribution is 0.168. The first-order chi connectivity index (χ1) is 8.58. The molecule has 0 radical (unpaired) electrons. The highest BCUT2D eigenvalue weighted by atomic mass is 16.3. The van der Waals surface area contributed by atoms with E-state index in [4.69, 9.17) is 0 Å². The molecule has 2 atom stereocenters. The molecule has 1 heterocycles. The Morgan fingerprint density at radius 1 is 1.44 bits per heavy atom. The minimum atomic E-state index is 0.436. The van der Waals surface area contributed by atoms with E-state index in [1.165, 1.54) is 12.8 Å². The number of piperidine rings is 1. The number of phenolic OH excluding ortho intramolecular Hbond substituents is 1. The Labute approximate surface area is 110 Å². The fraction of sp³-hybridized carbons (Fsp3) is 0.600. The van der Waals surface area contributed by atoms with Crippen LogP contribution in [0.5, 0.6) is 5.75 Å². The van der Waals surface area contributed by atoms with Crippen LogP contribution >= 0.6 is 0 Å². The van der Waals surface area contributed by atoms with E-state index in [-0.39, 0.29) is 0 Å². The fourth-order valence-corrected chi connectivity index (χ4v) is 2.59. The maximum Gasteiger partial charge on any atom is 0.122 e. The van der Waals surface area contributed by atoms with Gasteiger partial charge >= 0.3 is 0 Å². The number of para-hydroxylation sites is 1. The van der Waals surface area contributed by atoms with E-state index in [1.807, 2.05) is 25.1 Å². The fourth-order valence-electron chi connectivity index (χ4n) is 2.59. The number of phenols is 1. The first-order valence-electron chi connectivity index (χ1n) is 6.79. The van der Waals surface area contributed by atoms with Crippen LogP contribution < -0.4 is 5.32 Å². The Morgan fingerprint density at radius 3 is 2.94 bits per heavy atom. The van der Waals surface area contributed by atoms with Crippen LogP contribution in [0.4, 0.5) is 0 Å². The summed E-state index contributed by atoms with van der Waals surface area (Å²) < 4.78 is 0. The molecule has 0 amide bonds. The standard InChI is InChI=1S/C15H24N2O/c1-11-5-4-6-13(15(11)18)10-16-14-7-8-17(3)12(2)9-14/h4-6,12,14,16,18H,7-10H2,1-3H3. The predicted molar refractivity (Wildman–Crippen MR) is 74.8 cm³/mol. The van der Waals surface area contributed by atoms with Gasteiger partial charge in [-0.05, 0) is 45.8 Å². The average Bonchev–Trinajstić information content (AvgIpc) is 2.35. The third kappa shape index (κ3) is 3.03. The van der Waals surface area contributed by atoms with Crippen LogP contribution in [0.15, 0.2) is 18.2 Å². The lowest BCUT2D eigenvalue weighted by atomic mass is 9.98. The zero-order chi connectivity index (χ0) is 13.1. The second-order valence-corrected chi connectivity index (χ2v) is 5.51. The second-order valence-electron chi connectivity index (χ2n) is 5.51. The van der Waals surface area contributed by atoms with Crippen molar-refractivity contribution in [1.82, 2.24) is 10.2 Å². The number of benzene rings is 1. The molecule has 0 bridgehead atoms. The molecule has 0 saturated carbocycles. The summed E-state index contributed by atoms with van der Waals surface area (Å²) >= 11 is 0. The van der Waals surface area contributed by atoms with Crippen molar-refractivity contribution >= 4 is 0 Å². The van der Waals surface area contributed by atoms with Gasteiger partial charge in [-0.15, -0.1) is 0 Å². The third-order valence-electron chi connectivity index (χ3n) is 4.11. The molecule has 1 saturated heterocycles. The lowest BCUT2D eigenvalue weighted by Gasteiger charge is -2.35. The Hall–Kier alpha value is -1.06. The number of aryl methyl sites for hydroxylation is 1. The molecule has 1 aromatic carbocycles. The number of rotatable bonds is 3. The number of aromatic hydroxyl groups is 1. The van der Waals surface area contributed by atoms with Gasteiger partial charge in [-0.25, -0.2) is 0 Å². The molecule has 0 aliphatic carbocycles. The summed E-state index contributed by atoms with van der Waals surface area (Å²) in [5.41, 5.74) is 1.95. The van der Waals surface area contributed by atoms with Crippen molar-refractivity contribution in [3.8, 4) is 5.75 Å². The average molecular weight is 248 g/mol. The summed E-state index contributed by atoms with van der Waals surface area (Å²) in [6.07, 6.45) is 2.37. The maximum atomic E-state index is 9.97. The Kier molecular flexibility index (Phi) is 4.25. The van der Waals surface area contributed by atoms with Crippen LogP contribution in [0.2, 0.25) is 0 Å². The largest absolute Gasteiger partial charge is 0.507 e. The molecule has 2 rings (SSSR count). The van der Waals surface area contributed by atoms with Crippen LogP contribution in [0.25, 0.3) is 0 Å². The summed E-state index contributed by atoms with van der Waals surface area (Å²) in [4.78, 5) is 2.41. The summed E-state index contributed by atoms with van der Waals surface area (Å²) in [7, 11) is 2.19. The van der Waals surface area contributed by atoms with Crippen molar-refractivity contribution in [3.63, 3.8) is 0 Å². The summed E-state index contributed by atoms with van der Waals surface area (Å²) in [6.45, 7) is 6.13. The zero-order valence-electron chi connectivity index (χ0n) is 11.6. The summed E-state index contributed by atoms with van der Waals surface area (Å²) in [5.74, 6) is 0.436. The van der Waals surface area contributed by atoms with Crippen LogP contribution in [0.1, 0.15) is 30.9 Å². The van der Waals surface area contributed by atoms with E-state index in [0.717, 1.165) is 24.2 Å². The minimum absolute atomic E-state index is 0.436. The maximum absolute atomic E-state index is 9.97. The molecule has 1 aliphatic rings. The lowest BCUT2D eigenvalue weighted by Crippen LogP contribution is -2.45. The van der Waals surface area contributed by atoms with E-state index >= 15 is 0 Å². The van der Waals surface area contributed by atoms with Gasteiger partial charge in [0.2, 0.25) is 0 Å². The molecule has 0 aromatic heterocycles. The van der Waals surface area contributed by atoms with Crippen molar-refractivity contribution in [3.05, 3.63) is 29.3 Å². The molecule has 0 spiro atoms. The highest BCUT2D eigenvalue weighted by Gasteiger charge is 2.22. The molecular formula is C15H24N2O. The van der Waals surface area contributed by atoms with Crippen molar-refractivity contribution in [2.45, 2.75) is 45.3 Å². The highest BCUT2D eigenvalue weighted by Crippen LogP contribution is 2.22. The molecule has 2 N–H and O–H groups in total. The van der Waals surface area contributed by atoms with Gasteiger partial charge in [0.05, 0.1) is 0 Å². The van der Waals surface area contributed by atoms with Crippen LogP contribution in [-0.2, 0) is 6.54 Å². The molecule has 1 aliphatic heterocycles.